The molecule has 2 aliphatic rings. The van der Waals surface area contributed by atoms with Crippen LogP contribution in [0.3, 0.4) is 0 Å². The molecule has 6 nitrogen and oxygen atoms in total. The fourth-order valence-electron chi connectivity index (χ4n) is 2.41. The van der Waals surface area contributed by atoms with E-state index in [2.05, 4.69) is 0 Å². The van der Waals surface area contributed by atoms with Crippen molar-refractivity contribution in [1.82, 2.24) is 9.80 Å². The minimum absolute atomic E-state index is 0.0549. The molecular weight excluding hydrogens is 339 g/mol. The summed E-state index contributed by atoms with van der Waals surface area (Å²) in [7, 11) is 0. The van der Waals surface area contributed by atoms with Gasteiger partial charge in [0.25, 0.3) is 0 Å². The van der Waals surface area contributed by atoms with Gasteiger partial charge in [0.1, 0.15) is 0 Å². The van der Waals surface area contributed by atoms with Crippen molar-refractivity contribution >= 4 is 26.3 Å². The van der Waals surface area contributed by atoms with Gasteiger partial charge in [0, 0.05) is 0 Å². The van der Waals surface area contributed by atoms with Gasteiger partial charge in [0.05, 0.1) is 0 Å². The fraction of sp³-hybridized carbons (Fsp3) is 0.571. The topological polar surface area (TPSA) is 59.1 Å². The zero-order valence-corrected chi connectivity index (χ0v) is 13.5. The predicted molar refractivity (Wildman–Crippen MR) is 76.8 cm³/mol. The summed E-state index contributed by atoms with van der Waals surface area (Å²) in [6.07, 6.45) is 0. The van der Waals surface area contributed by atoms with Crippen molar-refractivity contribution in [1.29, 1.82) is 0 Å². The Morgan fingerprint density at radius 2 is 1.19 bits per heavy atom. The Hall–Kier alpha value is -1.14. The molecule has 2 amide bonds. The molecule has 2 aliphatic heterocycles. The Kier molecular flexibility index (Phi) is 4.75. The normalized spacial score (nSPS) is 19.6. The maximum atomic E-state index is 12.4. The summed E-state index contributed by atoms with van der Waals surface area (Å²) in [5.41, 5.74) is 0. The zero-order valence-electron chi connectivity index (χ0n) is 11.7. The Morgan fingerprint density at radius 3 is 1.57 bits per heavy atom. The average Bonchev–Trinajstić information content (AvgIpc) is 3.05. The van der Waals surface area contributed by atoms with Crippen LogP contribution in [0, 0.1) is 0 Å². The number of hydrogen-bond donors (Lipinski definition) is 0. The van der Waals surface area contributed by atoms with Crippen molar-refractivity contribution in [2.24, 2.45) is 0 Å². The van der Waals surface area contributed by atoms with Gasteiger partial charge in [0.15, 0.2) is 0 Å². The quantitative estimate of drug-likeness (QED) is 0.682. The molecular formula is C14H18N2O4Se. The van der Waals surface area contributed by atoms with Crippen molar-refractivity contribution in [3.8, 4) is 0 Å². The molecule has 114 valence electrons. The first-order valence-corrected chi connectivity index (χ1v) is 8.81. The fourth-order valence-corrected chi connectivity index (χ4v) is 4.39. The molecule has 2 fully saturated rings. The van der Waals surface area contributed by atoms with Gasteiger partial charge < -0.3 is 0 Å². The van der Waals surface area contributed by atoms with Crippen LogP contribution in [0.4, 0.5) is 0 Å². The molecule has 0 spiro atoms. The van der Waals surface area contributed by atoms with Gasteiger partial charge >= 0.3 is 129 Å². The number of hydrogen-bond acceptors (Lipinski definition) is 4. The molecule has 3 heterocycles. The molecule has 21 heavy (non-hydrogen) atoms. The van der Waals surface area contributed by atoms with Gasteiger partial charge in [-0.2, -0.15) is 0 Å². The average molecular weight is 357 g/mol. The summed E-state index contributed by atoms with van der Waals surface area (Å²) >= 11 is -0.190. The van der Waals surface area contributed by atoms with Gasteiger partial charge in [-0.3, -0.25) is 0 Å². The zero-order chi connectivity index (χ0) is 14.7. The summed E-state index contributed by atoms with van der Waals surface area (Å²) in [6, 6.07) is 3.62. The SMILES string of the molecule is O=C(c1ccc(C(=O)N2CCOCC2)[se]1)N1CCOCC1. The Bertz CT molecular complexity index is 474. The number of ether oxygens (including phenoxy) is 2. The molecule has 0 atom stereocenters. The molecule has 0 saturated carbocycles. The minimum atomic E-state index is -0.190. The van der Waals surface area contributed by atoms with Gasteiger partial charge in [-0.25, -0.2) is 0 Å². The van der Waals surface area contributed by atoms with Crippen molar-refractivity contribution < 1.29 is 19.1 Å². The van der Waals surface area contributed by atoms with Crippen LogP contribution >= 0.6 is 0 Å². The number of nitrogens with zero attached hydrogens (tertiary/aromatic N) is 2. The van der Waals surface area contributed by atoms with E-state index in [1.807, 2.05) is 21.9 Å². The maximum absolute atomic E-state index is 12.4. The molecule has 0 aromatic carbocycles. The molecule has 0 bridgehead atoms. The molecule has 1 aromatic heterocycles. The van der Waals surface area contributed by atoms with E-state index in [1.165, 1.54) is 0 Å². The van der Waals surface area contributed by atoms with Crippen LogP contribution in [0.1, 0.15) is 18.5 Å². The van der Waals surface area contributed by atoms with Gasteiger partial charge in [0.2, 0.25) is 0 Å². The van der Waals surface area contributed by atoms with Crippen molar-refractivity contribution in [3.63, 3.8) is 0 Å². The predicted octanol–water partition coefficient (Wildman–Crippen LogP) is -0.312. The van der Waals surface area contributed by atoms with E-state index in [9.17, 15) is 9.59 Å². The Morgan fingerprint density at radius 1 is 0.810 bits per heavy atom. The third kappa shape index (κ3) is 3.37. The van der Waals surface area contributed by atoms with Gasteiger partial charge in [-0.15, -0.1) is 0 Å². The summed E-state index contributed by atoms with van der Waals surface area (Å²) < 4.78 is 12.0. The molecule has 0 unspecified atom stereocenters. The monoisotopic (exact) mass is 358 g/mol. The second kappa shape index (κ2) is 6.75. The molecule has 3 rings (SSSR count). The third-order valence-electron chi connectivity index (χ3n) is 3.62. The van der Waals surface area contributed by atoms with E-state index in [1.54, 1.807) is 0 Å². The standard InChI is InChI=1S/C14H18N2O4Se/c17-13(15-3-7-19-8-4-15)11-1-2-12(21-11)14(18)16-5-9-20-10-6-16/h1-2H,3-10H2. The molecule has 0 N–H and O–H groups in total. The first kappa shape index (κ1) is 14.8. The van der Waals surface area contributed by atoms with E-state index >= 15 is 0 Å². The van der Waals surface area contributed by atoms with Crippen molar-refractivity contribution in [2.45, 2.75) is 0 Å². The second-order valence-electron chi connectivity index (χ2n) is 4.97. The van der Waals surface area contributed by atoms with Crippen LogP contribution in [0.5, 0.6) is 0 Å². The first-order chi connectivity index (χ1) is 10.3. The Labute approximate surface area is 129 Å². The Balaban J connectivity index is 1.67. The summed E-state index contributed by atoms with van der Waals surface area (Å²) in [5.74, 6) is 0.110. The number of carbonyl (C=O) groups excluding carboxylic acids is 2. The van der Waals surface area contributed by atoms with Crippen LogP contribution < -0.4 is 0 Å². The van der Waals surface area contributed by atoms with Crippen molar-refractivity contribution in [3.05, 3.63) is 21.0 Å². The number of carbonyl (C=O) groups is 2. The summed E-state index contributed by atoms with van der Waals surface area (Å²) in [4.78, 5) is 28.4. The number of morpholine rings is 2. The molecule has 0 aliphatic carbocycles. The molecule has 0 radical (unpaired) electrons. The van der Waals surface area contributed by atoms with Crippen LogP contribution in [0.25, 0.3) is 0 Å². The van der Waals surface area contributed by atoms with Crippen LogP contribution in [-0.2, 0) is 9.47 Å². The van der Waals surface area contributed by atoms with Crippen LogP contribution in [0.15, 0.2) is 12.1 Å². The molecule has 7 heteroatoms. The number of amides is 2. The summed E-state index contributed by atoms with van der Waals surface area (Å²) in [6.45, 7) is 4.94. The number of rotatable bonds is 2. The summed E-state index contributed by atoms with van der Waals surface area (Å²) in [5, 5.41) is 0. The van der Waals surface area contributed by atoms with Crippen LogP contribution in [0.2, 0.25) is 0 Å². The third-order valence-corrected chi connectivity index (χ3v) is 5.85. The van der Waals surface area contributed by atoms with E-state index in [0.717, 1.165) is 8.87 Å². The van der Waals surface area contributed by atoms with Crippen molar-refractivity contribution in [2.75, 3.05) is 52.6 Å². The second-order valence-corrected chi connectivity index (χ2v) is 7.25. The van der Waals surface area contributed by atoms with E-state index < -0.39 is 0 Å². The van der Waals surface area contributed by atoms with Crippen LogP contribution in [-0.4, -0.2) is 88.7 Å². The van der Waals surface area contributed by atoms with Gasteiger partial charge in [-0.1, -0.05) is 0 Å². The molecule has 1 aromatic rings. The van der Waals surface area contributed by atoms with E-state index in [-0.39, 0.29) is 26.3 Å². The van der Waals surface area contributed by atoms with E-state index in [0.29, 0.717) is 52.6 Å². The van der Waals surface area contributed by atoms with Gasteiger partial charge in [-0.05, 0) is 0 Å². The van der Waals surface area contributed by atoms with E-state index in [4.69, 9.17) is 9.47 Å². The molecule has 2 saturated heterocycles. The first-order valence-electron chi connectivity index (χ1n) is 7.09.